The van der Waals surface area contributed by atoms with Gasteiger partial charge in [-0.2, -0.15) is 0 Å². The third kappa shape index (κ3) is 2.69. The third-order valence-corrected chi connectivity index (χ3v) is 4.16. The number of aliphatic hydroxyl groups is 1. The van der Waals surface area contributed by atoms with Crippen LogP contribution < -0.4 is 10.1 Å². The van der Waals surface area contributed by atoms with Gasteiger partial charge < -0.3 is 15.2 Å². The third-order valence-electron chi connectivity index (χ3n) is 4.16. The molecule has 0 spiro atoms. The van der Waals surface area contributed by atoms with Crippen LogP contribution in [0.5, 0.6) is 5.75 Å². The van der Waals surface area contributed by atoms with Crippen molar-refractivity contribution in [3.8, 4) is 5.75 Å². The molecule has 1 aliphatic rings. The summed E-state index contributed by atoms with van der Waals surface area (Å²) in [5.41, 5.74) is -0.452. The summed E-state index contributed by atoms with van der Waals surface area (Å²) in [6, 6.07) is 3.91. The Morgan fingerprint density at radius 1 is 1.52 bits per heavy atom. The van der Waals surface area contributed by atoms with Gasteiger partial charge in [0.25, 0.3) is 5.91 Å². The van der Waals surface area contributed by atoms with E-state index in [2.05, 4.69) is 5.32 Å². The van der Waals surface area contributed by atoms with E-state index in [0.717, 1.165) is 0 Å². The Balaban J connectivity index is 2.17. The summed E-state index contributed by atoms with van der Waals surface area (Å²) in [5, 5.41) is 23.4. The van der Waals surface area contributed by atoms with Crippen LogP contribution >= 0.6 is 0 Å². The van der Waals surface area contributed by atoms with Crippen molar-refractivity contribution in [2.24, 2.45) is 5.41 Å². The molecule has 7 heteroatoms. The predicted octanol–water partition coefficient (Wildman–Crippen LogP) is 1.49. The maximum Gasteiger partial charge on any atom is 0.311 e. The summed E-state index contributed by atoms with van der Waals surface area (Å²) < 4.78 is 4.90. The van der Waals surface area contributed by atoms with Crippen molar-refractivity contribution in [2.75, 3.05) is 7.11 Å². The Hall–Kier alpha value is -2.15. The number of carbonyl (C=O) groups excluding carboxylic acids is 1. The van der Waals surface area contributed by atoms with Gasteiger partial charge in [-0.1, -0.05) is 13.8 Å². The minimum absolute atomic E-state index is 0.107. The molecule has 0 aromatic heterocycles. The number of rotatable bonds is 4. The molecule has 1 saturated carbocycles. The molecule has 7 nitrogen and oxygen atoms in total. The average Bonchev–Trinajstić information content (AvgIpc) is 2.45. The lowest BCUT2D eigenvalue weighted by Gasteiger charge is -2.49. The molecule has 21 heavy (non-hydrogen) atoms. The van der Waals surface area contributed by atoms with Crippen LogP contribution in [0.2, 0.25) is 0 Å². The van der Waals surface area contributed by atoms with Gasteiger partial charge in [-0.3, -0.25) is 14.9 Å². The minimum atomic E-state index is -0.591. The number of hydrogen-bond acceptors (Lipinski definition) is 5. The lowest BCUT2D eigenvalue weighted by molar-refractivity contribution is -0.385. The van der Waals surface area contributed by atoms with Gasteiger partial charge in [0.15, 0.2) is 5.75 Å². The van der Waals surface area contributed by atoms with E-state index >= 15 is 0 Å². The van der Waals surface area contributed by atoms with Crippen LogP contribution in [0, 0.1) is 15.5 Å². The van der Waals surface area contributed by atoms with E-state index < -0.39 is 22.3 Å². The Morgan fingerprint density at radius 2 is 2.19 bits per heavy atom. The van der Waals surface area contributed by atoms with Gasteiger partial charge in [0.05, 0.1) is 18.1 Å². The number of amides is 1. The Morgan fingerprint density at radius 3 is 2.67 bits per heavy atom. The number of nitrogens with zero attached hydrogens (tertiary/aromatic N) is 1. The van der Waals surface area contributed by atoms with Crippen LogP contribution in [0.1, 0.15) is 30.6 Å². The van der Waals surface area contributed by atoms with Crippen LogP contribution in [0.3, 0.4) is 0 Å². The van der Waals surface area contributed by atoms with E-state index in [1.54, 1.807) is 0 Å². The molecular formula is C14H18N2O5. The fourth-order valence-electron chi connectivity index (χ4n) is 2.36. The van der Waals surface area contributed by atoms with E-state index in [4.69, 9.17) is 4.74 Å². The SMILES string of the molecule is COc1ccc(C(=O)NC2CC(O)C2(C)C)cc1[N+](=O)[O-]. The summed E-state index contributed by atoms with van der Waals surface area (Å²) in [6.07, 6.45) is 0.0322. The van der Waals surface area contributed by atoms with Crippen molar-refractivity contribution in [2.45, 2.75) is 32.4 Å². The van der Waals surface area contributed by atoms with Crippen LogP contribution in [0.15, 0.2) is 18.2 Å². The molecule has 1 aromatic rings. The highest BCUT2D eigenvalue weighted by atomic mass is 16.6. The number of nitro benzene ring substituents is 1. The molecule has 0 saturated heterocycles. The Kier molecular flexibility index (Phi) is 3.87. The predicted molar refractivity (Wildman–Crippen MR) is 75.3 cm³/mol. The highest BCUT2D eigenvalue weighted by Gasteiger charge is 2.48. The number of methoxy groups -OCH3 is 1. The second-order valence-electron chi connectivity index (χ2n) is 5.74. The molecule has 0 bridgehead atoms. The average molecular weight is 294 g/mol. The Labute approximate surface area is 122 Å². The molecule has 114 valence electrons. The number of ether oxygens (including phenoxy) is 1. The first-order valence-electron chi connectivity index (χ1n) is 6.58. The molecule has 1 aromatic carbocycles. The van der Waals surface area contributed by atoms with Gasteiger partial charge in [0.2, 0.25) is 0 Å². The first kappa shape index (κ1) is 15.2. The van der Waals surface area contributed by atoms with Gasteiger partial charge >= 0.3 is 5.69 Å². The summed E-state index contributed by atoms with van der Waals surface area (Å²) in [5.74, 6) is -0.290. The van der Waals surface area contributed by atoms with Crippen LogP contribution in [0.4, 0.5) is 5.69 Å². The van der Waals surface area contributed by atoms with Gasteiger partial charge in [0, 0.05) is 23.1 Å². The summed E-state index contributed by atoms with van der Waals surface area (Å²) in [7, 11) is 1.33. The number of nitrogens with one attached hydrogen (secondary N) is 1. The molecule has 2 atom stereocenters. The highest BCUT2D eigenvalue weighted by Crippen LogP contribution is 2.40. The second kappa shape index (κ2) is 5.33. The molecular weight excluding hydrogens is 276 g/mol. The molecule has 1 aliphatic carbocycles. The normalized spacial score (nSPS) is 23.0. The van der Waals surface area contributed by atoms with Crippen LogP contribution in [-0.4, -0.2) is 35.2 Å². The zero-order valence-electron chi connectivity index (χ0n) is 12.1. The van der Waals surface area contributed by atoms with E-state index in [1.807, 2.05) is 13.8 Å². The Bertz CT molecular complexity index is 585. The molecule has 2 N–H and O–H groups in total. The standard InChI is InChI=1S/C14H18N2O5/c1-14(2)11(7-12(14)17)15-13(18)8-4-5-10(21-3)9(6-8)16(19)20/h4-6,11-12,17H,7H2,1-3H3,(H,15,18). The minimum Gasteiger partial charge on any atom is -0.490 e. The first-order valence-corrected chi connectivity index (χ1v) is 6.58. The molecule has 1 amide bonds. The van der Waals surface area contributed by atoms with Crippen LogP contribution in [0.25, 0.3) is 0 Å². The van der Waals surface area contributed by atoms with E-state index in [0.29, 0.717) is 6.42 Å². The topological polar surface area (TPSA) is 102 Å². The highest BCUT2D eigenvalue weighted by molar-refractivity contribution is 5.95. The smallest absolute Gasteiger partial charge is 0.311 e. The molecule has 0 aliphatic heterocycles. The van der Waals surface area contributed by atoms with E-state index in [-0.39, 0.29) is 23.0 Å². The molecule has 1 fully saturated rings. The molecule has 2 rings (SSSR count). The number of benzene rings is 1. The van der Waals surface area contributed by atoms with Crippen molar-refractivity contribution in [3.63, 3.8) is 0 Å². The van der Waals surface area contributed by atoms with Crippen molar-refractivity contribution < 1.29 is 19.6 Å². The van der Waals surface area contributed by atoms with Crippen molar-refractivity contribution in [3.05, 3.63) is 33.9 Å². The lowest BCUT2D eigenvalue weighted by atomic mass is 9.64. The molecule has 0 radical (unpaired) electrons. The molecule has 2 unspecified atom stereocenters. The quantitative estimate of drug-likeness (QED) is 0.647. The maximum atomic E-state index is 12.2. The van der Waals surface area contributed by atoms with Crippen molar-refractivity contribution in [1.29, 1.82) is 0 Å². The zero-order valence-corrected chi connectivity index (χ0v) is 12.1. The first-order chi connectivity index (χ1) is 9.77. The van der Waals surface area contributed by atoms with Crippen LogP contribution in [-0.2, 0) is 0 Å². The van der Waals surface area contributed by atoms with Crippen molar-refractivity contribution >= 4 is 11.6 Å². The number of aliphatic hydroxyl groups excluding tert-OH is 1. The van der Waals surface area contributed by atoms with E-state index in [1.165, 1.54) is 25.3 Å². The van der Waals surface area contributed by atoms with Gasteiger partial charge in [-0.15, -0.1) is 0 Å². The fraction of sp³-hybridized carbons (Fsp3) is 0.500. The largest absolute Gasteiger partial charge is 0.490 e. The number of nitro groups is 1. The van der Waals surface area contributed by atoms with Gasteiger partial charge in [-0.25, -0.2) is 0 Å². The second-order valence-corrected chi connectivity index (χ2v) is 5.74. The number of hydrogen-bond donors (Lipinski definition) is 2. The summed E-state index contributed by atoms with van der Waals surface area (Å²) in [4.78, 5) is 22.5. The molecule has 0 heterocycles. The number of carbonyl (C=O) groups is 1. The van der Waals surface area contributed by atoms with E-state index in [9.17, 15) is 20.0 Å². The van der Waals surface area contributed by atoms with Gasteiger partial charge in [0.1, 0.15) is 0 Å². The zero-order chi connectivity index (χ0) is 15.8. The summed E-state index contributed by atoms with van der Waals surface area (Å²) in [6.45, 7) is 3.73. The lowest BCUT2D eigenvalue weighted by Crippen LogP contribution is -2.61. The van der Waals surface area contributed by atoms with Gasteiger partial charge in [-0.05, 0) is 18.6 Å². The van der Waals surface area contributed by atoms with Crippen molar-refractivity contribution in [1.82, 2.24) is 5.32 Å². The maximum absolute atomic E-state index is 12.2. The fourth-order valence-corrected chi connectivity index (χ4v) is 2.36. The monoisotopic (exact) mass is 294 g/mol. The summed E-state index contributed by atoms with van der Waals surface area (Å²) >= 11 is 0.